The molecule has 1 aliphatic heterocycles. The zero-order valence-corrected chi connectivity index (χ0v) is 17.2. The quantitative estimate of drug-likeness (QED) is 0.609. The van der Waals surface area contributed by atoms with Crippen molar-refractivity contribution in [2.24, 2.45) is 0 Å². The number of hydrogen-bond donors (Lipinski definition) is 2. The molecule has 1 aliphatic rings. The van der Waals surface area contributed by atoms with E-state index in [0.29, 0.717) is 22.7 Å². The Morgan fingerprint density at radius 2 is 1.97 bits per heavy atom. The summed E-state index contributed by atoms with van der Waals surface area (Å²) in [5.41, 5.74) is 0.966. The lowest BCUT2D eigenvalue weighted by atomic mass is 9.96. The Labute approximate surface area is 181 Å². The summed E-state index contributed by atoms with van der Waals surface area (Å²) < 4.78 is 53.0. The van der Waals surface area contributed by atoms with Crippen LogP contribution in [0.25, 0.3) is 0 Å². The van der Waals surface area contributed by atoms with Gasteiger partial charge in [-0.3, -0.25) is 9.78 Å². The first-order valence-electron chi connectivity index (χ1n) is 9.66. The van der Waals surface area contributed by atoms with E-state index in [1.165, 1.54) is 20.4 Å². The van der Waals surface area contributed by atoms with E-state index in [1.54, 1.807) is 36.5 Å². The maximum atomic E-state index is 13.9. The van der Waals surface area contributed by atoms with Gasteiger partial charge in [0.05, 0.1) is 38.3 Å². The topological polar surface area (TPSA) is 90.3 Å². The molecule has 2 aromatic heterocycles. The molecule has 0 bridgehead atoms. The van der Waals surface area contributed by atoms with Crippen LogP contribution in [-0.2, 0) is 0 Å². The highest BCUT2D eigenvalue weighted by Crippen LogP contribution is 2.45. The van der Waals surface area contributed by atoms with Crippen molar-refractivity contribution in [2.45, 2.75) is 24.7 Å². The van der Waals surface area contributed by atoms with Crippen LogP contribution in [0.4, 0.5) is 24.7 Å². The fourth-order valence-electron chi connectivity index (χ4n) is 3.65. The molecular formula is C21H20F3N5O3. The van der Waals surface area contributed by atoms with E-state index >= 15 is 0 Å². The number of methoxy groups -OCH3 is 2. The summed E-state index contributed by atoms with van der Waals surface area (Å²) in [6.45, 7) is 0. The molecule has 1 amide bonds. The van der Waals surface area contributed by atoms with Crippen LogP contribution < -0.4 is 20.1 Å². The zero-order valence-electron chi connectivity index (χ0n) is 17.2. The largest absolute Gasteiger partial charge is 0.493 e. The number of carbonyl (C=O) groups excluding carboxylic acids is 1. The Balaban J connectivity index is 1.70. The third-order valence-electron chi connectivity index (χ3n) is 5.21. The molecular weight excluding hydrogens is 427 g/mol. The van der Waals surface area contributed by atoms with Gasteiger partial charge in [0, 0.05) is 12.6 Å². The maximum Gasteiger partial charge on any atom is 0.410 e. The molecule has 32 heavy (non-hydrogen) atoms. The van der Waals surface area contributed by atoms with Gasteiger partial charge in [0.25, 0.3) is 5.91 Å². The normalized spacial score (nSPS) is 17.8. The summed E-state index contributed by atoms with van der Waals surface area (Å²) in [5, 5.41) is 9.54. The number of nitrogens with zero attached hydrogens (tertiary/aromatic N) is 3. The first-order chi connectivity index (χ1) is 15.3. The van der Waals surface area contributed by atoms with Gasteiger partial charge in [0.2, 0.25) is 0 Å². The van der Waals surface area contributed by atoms with E-state index in [9.17, 15) is 18.0 Å². The van der Waals surface area contributed by atoms with Crippen LogP contribution in [-0.4, -0.2) is 41.1 Å². The van der Waals surface area contributed by atoms with Gasteiger partial charge in [-0.25, -0.2) is 4.68 Å². The van der Waals surface area contributed by atoms with Gasteiger partial charge in [-0.1, -0.05) is 6.07 Å². The predicted octanol–water partition coefficient (Wildman–Crippen LogP) is 4.21. The molecule has 0 spiro atoms. The minimum Gasteiger partial charge on any atom is -0.493 e. The van der Waals surface area contributed by atoms with Gasteiger partial charge < -0.3 is 20.1 Å². The number of nitrogens with one attached hydrogen (secondary N) is 2. The molecule has 0 fully saturated rings. The number of halogens is 3. The van der Waals surface area contributed by atoms with E-state index in [4.69, 9.17) is 9.47 Å². The monoisotopic (exact) mass is 447 g/mol. The molecule has 0 radical (unpaired) electrons. The second kappa shape index (κ2) is 8.40. The van der Waals surface area contributed by atoms with Crippen molar-refractivity contribution in [3.05, 3.63) is 60.0 Å². The number of alkyl halides is 3. The summed E-state index contributed by atoms with van der Waals surface area (Å²) in [6.07, 6.45) is -0.761. The van der Waals surface area contributed by atoms with Crippen LogP contribution in [0.2, 0.25) is 0 Å². The van der Waals surface area contributed by atoms with Crippen molar-refractivity contribution in [1.82, 2.24) is 14.8 Å². The molecule has 2 atom stereocenters. The molecule has 2 N–H and O–H groups in total. The fourth-order valence-corrected chi connectivity index (χ4v) is 3.65. The minimum absolute atomic E-state index is 0.00622. The van der Waals surface area contributed by atoms with Crippen LogP contribution in [0, 0.1) is 0 Å². The molecule has 0 saturated carbocycles. The summed E-state index contributed by atoms with van der Waals surface area (Å²) in [5.74, 6) is 0.241. The van der Waals surface area contributed by atoms with Gasteiger partial charge in [-0.2, -0.15) is 18.3 Å². The van der Waals surface area contributed by atoms with Crippen LogP contribution in [0.15, 0.2) is 48.9 Å². The molecule has 168 valence electrons. The van der Waals surface area contributed by atoms with Gasteiger partial charge >= 0.3 is 6.18 Å². The SMILES string of the molecule is COc1ccc([C@@H]2C[C@@H](C(F)(F)F)n3ncc(C(=O)Nc4cccnc4)c3N2)cc1OC. The number of anilines is 2. The van der Waals surface area contributed by atoms with Crippen LogP contribution in [0.5, 0.6) is 11.5 Å². The lowest BCUT2D eigenvalue weighted by Crippen LogP contribution is -2.36. The first kappa shape index (κ1) is 21.5. The molecule has 3 aromatic rings. The third-order valence-corrected chi connectivity index (χ3v) is 5.21. The molecule has 1 aromatic carbocycles. The van der Waals surface area contributed by atoms with Gasteiger partial charge in [0.1, 0.15) is 11.4 Å². The number of benzene rings is 1. The predicted molar refractivity (Wildman–Crippen MR) is 110 cm³/mol. The first-order valence-corrected chi connectivity index (χ1v) is 9.66. The van der Waals surface area contributed by atoms with E-state index in [1.807, 2.05) is 0 Å². The Morgan fingerprint density at radius 1 is 1.19 bits per heavy atom. The number of ether oxygens (including phenoxy) is 2. The highest BCUT2D eigenvalue weighted by molar-refractivity contribution is 6.07. The number of fused-ring (bicyclic) bond motifs is 1. The van der Waals surface area contributed by atoms with E-state index < -0.39 is 24.2 Å². The Morgan fingerprint density at radius 3 is 2.62 bits per heavy atom. The number of pyridine rings is 1. The minimum atomic E-state index is -4.56. The Kier molecular flexibility index (Phi) is 5.64. The summed E-state index contributed by atoms with van der Waals surface area (Å²) in [6, 6.07) is 5.51. The van der Waals surface area contributed by atoms with Crippen LogP contribution in [0.1, 0.15) is 34.4 Å². The number of amides is 1. The number of hydrogen-bond acceptors (Lipinski definition) is 6. The fraction of sp³-hybridized carbons (Fsp3) is 0.286. The second-order valence-corrected chi connectivity index (χ2v) is 7.15. The van der Waals surface area contributed by atoms with E-state index in [0.717, 1.165) is 10.9 Å². The summed E-state index contributed by atoms with van der Waals surface area (Å²) >= 11 is 0. The average molecular weight is 447 g/mol. The highest BCUT2D eigenvalue weighted by Gasteiger charge is 2.47. The van der Waals surface area contributed by atoms with Gasteiger partial charge in [-0.15, -0.1) is 0 Å². The highest BCUT2D eigenvalue weighted by atomic mass is 19.4. The molecule has 11 heteroatoms. The standard InChI is InChI=1S/C21H20F3N5O3/c1-31-16-6-5-12(8-17(16)32-2)15-9-18(21(22,23)24)29-19(28-15)14(11-26-29)20(30)27-13-4-3-7-25-10-13/h3-8,10-11,15,18,28H,9H2,1-2H3,(H,27,30)/t15-,18-/m0/s1. The number of carbonyl (C=O) groups is 1. The number of aromatic nitrogens is 3. The van der Waals surface area contributed by atoms with Crippen molar-refractivity contribution in [2.75, 3.05) is 24.9 Å². The lowest BCUT2D eigenvalue weighted by Gasteiger charge is -2.34. The van der Waals surface area contributed by atoms with Gasteiger partial charge in [-0.05, 0) is 29.8 Å². The van der Waals surface area contributed by atoms with Crippen molar-refractivity contribution in [3.63, 3.8) is 0 Å². The summed E-state index contributed by atoms with van der Waals surface area (Å²) in [4.78, 5) is 16.7. The molecule has 4 rings (SSSR count). The molecule has 3 heterocycles. The molecule has 8 nitrogen and oxygen atoms in total. The molecule has 0 aliphatic carbocycles. The Hall–Kier alpha value is -3.76. The summed E-state index contributed by atoms with van der Waals surface area (Å²) in [7, 11) is 2.92. The van der Waals surface area contributed by atoms with Crippen molar-refractivity contribution >= 4 is 17.4 Å². The van der Waals surface area contributed by atoms with Crippen molar-refractivity contribution in [3.8, 4) is 11.5 Å². The van der Waals surface area contributed by atoms with Crippen LogP contribution >= 0.6 is 0 Å². The van der Waals surface area contributed by atoms with Crippen LogP contribution in [0.3, 0.4) is 0 Å². The van der Waals surface area contributed by atoms with Crippen molar-refractivity contribution in [1.29, 1.82) is 0 Å². The van der Waals surface area contributed by atoms with E-state index in [2.05, 4.69) is 20.7 Å². The average Bonchev–Trinajstić information content (AvgIpc) is 3.22. The second-order valence-electron chi connectivity index (χ2n) is 7.15. The maximum absolute atomic E-state index is 13.9. The third kappa shape index (κ3) is 4.05. The van der Waals surface area contributed by atoms with E-state index in [-0.39, 0.29) is 17.8 Å². The lowest BCUT2D eigenvalue weighted by molar-refractivity contribution is -0.173. The number of rotatable bonds is 5. The zero-order chi connectivity index (χ0) is 22.9. The van der Waals surface area contributed by atoms with Gasteiger partial charge in [0.15, 0.2) is 17.5 Å². The smallest absolute Gasteiger partial charge is 0.410 e. The molecule has 0 saturated heterocycles. The molecule has 0 unspecified atom stereocenters. The van der Waals surface area contributed by atoms with Crippen molar-refractivity contribution < 1.29 is 27.4 Å². The Bertz CT molecular complexity index is 1120.